The summed E-state index contributed by atoms with van der Waals surface area (Å²) in [5, 5.41) is 12.0. The molecule has 0 bridgehead atoms. The van der Waals surface area contributed by atoms with E-state index in [9.17, 15) is 9.59 Å². The number of amides is 2. The van der Waals surface area contributed by atoms with Gasteiger partial charge in [0, 0.05) is 31.7 Å². The summed E-state index contributed by atoms with van der Waals surface area (Å²) in [4.78, 5) is 28.3. The van der Waals surface area contributed by atoms with E-state index in [1.54, 1.807) is 37.3 Å². The van der Waals surface area contributed by atoms with E-state index in [2.05, 4.69) is 21.3 Å². The SMILES string of the molecule is CNC(=O)C1=C(NC)N(C)CN1CC(=O)NC1=CNC(c2ccc(Cl)cc2)O1. The Labute approximate surface area is 168 Å². The van der Waals surface area contributed by atoms with Crippen LogP contribution in [0.5, 0.6) is 0 Å². The number of rotatable bonds is 6. The van der Waals surface area contributed by atoms with Gasteiger partial charge < -0.3 is 30.5 Å². The molecule has 0 spiro atoms. The lowest BCUT2D eigenvalue weighted by Gasteiger charge is -2.21. The van der Waals surface area contributed by atoms with Gasteiger partial charge in [-0.3, -0.25) is 14.9 Å². The van der Waals surface area contributed by atoms with Crippen LogP contribution in [0.25, 0.3) is 0 Å². The molecule has 2 aliphatic rings. The van der Waals surface area contributed by atoms with Crippen molar-refractivity contribution in [2.24, 2.45) is 0 Å². The monoisotopic (exact) mass is 406 g/mol. The Kier molecular flexibility index (Phi) is 5.84. The third kappa shape index (κ3) is 4.09. The maximum Gasteiger partial charge on any atom is 0.271 e. The van der Waals surface area contributed by atoms with E-state index in [-0.39, 0.29) is 18.4 Å². The van der Waals surface area contributed by atoms with Crippen molar-refractivity contribution in [3.63, 3.8) is 0 Å². The van der Waals surface area contributed by atoms with E-state index < -0.39 is 6.23 Å². The van der Waals surface area contributed by atoms with Gasteiger partial charge >= 0.3 is 0 Å². The first kappa shape index (κ1) is 19.7. The molecule has 28 heavy (non-hydrogen) atoms. The smallest absolute Gasteiger partial charge is 0.271 e. The molecule has 1 atom stereocenters. The fourth-order valence-electron chi connectivity index (χ4n) is 3.10. The Bertz CT molecular complexity index is 823. The summed E-state index contributed by atoms with van der Waals surface area (Å²) in [6, 6.07) is 7.24. The molecule has 2 heterocycles. The lowest BCUT2D eigenvalue weighted by atomic mass is 10.2. The Morgan fingerprint density at radius 1 is 1.29 bits per heavy atom. The Hall–Kier alpha value is -3.07. The lowest BCUT2D eigenvalue weighted by molar-refractivity contribution is -0.123. The fraction of sp³-hybridized carbons (Fsp3) is 0.333. The predicted molar refractivity (Wildman–Crippen MR) is 104 cm³/mol. The van der Waals surface area contributed by atoms with Crippen molar-refractivity contribution in [3.8, 4) is 0 Å². The second-order valence-corrected chi connectivity index (χ2v) is 6.77. The molecule has 3 rings (SSSR count). The maximum atomic E-state index is 12.5. The van der Waals surface area contributed by atoms with Crippen LogP contribution in [0.4, 0.5) is 0 Å². The van der Waals surface area contributed by atoms with Crippen LogP contribution in [-0.4, -0.2) is 56.0 Å². The van der Waals surface area contributed by atoms with Crippen molar-refractivity contribution < 1.29 is 14.3 Å². The zero-order valence-corrected chi connectivity index (χ0v) is 16.6. The summed E-state index contributed by atoms with van der Waals surface area (Å²) in [5.74, 6) is 0.420. The number of hydrogen-bond acceptors (Lipinski definition) is 7. The summed E-state index contributed by atoms with van der Waals surface area (Å²) in [6.45, 7) is 0.419. The lowest BCUT2D eigenvalue weighted by Crippen LogP contribution is -2.40. The molecule has 1 aromatic carbocycles. The summed E-state index contributed by atoms with van der Waals surface area (Å²) in [5.41, 5.74) is 1.30. The summed E-state index contributed by atoms with van der Waals surface area (Å²) in [7, 11) is 5.13. The minimum Gasteiger partial charge on any atom is -0.450 e. The molecule has 4 N–H and O–H groups in total. The molecule has 0 fully saturated rings. The van der Waals surface area contributed by atoms with Crippen molar-refractivity contribution in [2.45, 2.75) is 6.23 Å². The van der Waals surface area contributed by atoms with Gasteiger partial charge in [-0.1, -0.05) is 23.7 Å². The highest BCUT2D eigenvalue weighted by Gasteiger charge is 2.32. The minimum absolute atomic E-state index is 0.00455. The van der Waals surface area contributed by atoms with E-state index in [1.165, 1.54) is 0 Å². The van der Waals surface area contributed by atoms with E-state index in [0.29, 0.717) is 29.1 Å². The highest BCUT2D eigenvalue weighted by Crippen LogP contribution is 2.24. The number of hydrogen-bond donors (Lipinski definition) is 4. The molecule has 0 saturated heterocycles. The first-order valence-electron chi connectivity index (χ1n) is 8.71. The van der Waals surface area contributed by atoms with Gasteiger partial charge in [-0.2, -0.15) is 0 Å². The average molecular weight is 407 g/mol. The van der Waals surface area contributed by atoms with Gasteiger partial charge in [-0.05, 0) is 12.1 Å². The van der Waals surface area contributed by atoms with Gasteiger partial charge in [-0.25, -0.2) is 0 Å². The van der Waals surface area contributed by atoms with E-state index >= 15 is 0 Å². The number of likely N-dealkylation sites (N-methyl/N-ethyl adjacent to an activating group) is 1. The molecular formula is C18H23ClN6O3. The molecule has 10 heteroatoms. The topological polar surface area (TPSA) is 98.0 Å². The molecule has 0 aliphatic carbocycles. The number of nitrogens with zero attached hydrogens (tertiary/aromatic N) is 2. The molecule has 2 aliphatic heterocycles. The standard InChI is InChI=1S/C18H23ClN6O3/c1-20-16-15(17(27)21-2)25(10-24(16)3)9-13(26)23-14-8-22-18(28-14)11-4-6-12(19)7-5-11/h4-8,18,20,22H,9-10H2,1-3H3,(H,21,27)(H,23,26). The summed E-state index contributed by atoms with van der Waals surface area (Å²) < 4.78 is 5.72. The van der Waals surface area contributed by atoms with Crippen LogP contribution >= 0.6 is 11.6 Å². The quantitative estimate of drug-likeness (QED) is 0.536. The van der Waals surface area contributed by atoms with Gasteiger partial charge in [0.25, 0.3) is 5.91 Å². The third-order valence-electron chi connectivity index (χ3n) is 4.36. The number of carbonyl (C=O) groups excluding carboxylic acids is 2. The molecule has 1 aromatic rings. The van der Waals surface area contributed by atoms with E-state index in [1.807, 2.05) is 24.1 Å². The van der Waals surface area contributed by atoms with Crippen molar-refractivity contribution in [3.05, 3.63) is 58.5 Å². The molecule has 0 aromatic heterocycles. The van der Waals surface area contributed by atoms with Crippen LogP contribution in [-0.2, 0) is 14.3 Å². The molecule has 1 unspecified atom stereocenters. The zero-order valence-electron chi connectivity index (χ0n) is 15.9. The van der Waals surface area contributed by atoms with Crippen molar-refractivity contribution in [1.82, 2.24) is 31.1 Å². The van der Waals surface area contributed by atoms with Crippen LogP contribution in [0.2, 0.25) is 5.02 Å². The summed E-state index contributed by atoms with van der Waals surface area (Å²) >= 11 is 5.90. The molecular weight excluding hydrogens is 384 g/mol. The number of carbonyl (C=O) groups is 2. The first-order valence-corrected chi connectivity index (χ1v) is 9.09. The normalized spacial score (nSPS) is 18.4. The molecule has 0 radical (unpaired) electrons. The Morgan fingerprint density at radius 3 is 2.64 bits per heavy atom. The van der Waals surface area contributed by atoms with Gasteiger partial charge in [0.1, 0.15) is 11.5 Å². The van der Waals surface area contributed by atoms with Crippen molar-refractivity contribution in [2.75, 3.05) is 34.4 Å². The maximum absolute atomic E-state index is 12.5. The summed E-state index contributed by atoms with van der Waals surface area (Å²) in [6.07, 6.45) is 1.20. The number of nitrogens with one attached hydrogen (secondary N) is 4. The van der Waals surface area contributed by atoms with E-state index in [0.717, 1.165) is 5.56 Å². The number of halogens is 1. The Balaban J connectivity index is 1.59. The number of benzene rings is 1. The van der Waals surface area contributed by atoms with Gasteiger partial charge in [-0.15, -0.1) is 0 Å². The second-order valence-electron chi connectivity index (χ2n) is 6.34. The van der Waals surface area contributed by atoms with Gasteiger partial charge in [0.05, 0.1) is 19.4 Å². The number of ether oxygens (including phenoxy) is 1. The minimum atomic E-state index is -0.400. The van der Waals surface area contributed by atoms with Gasteiger partial charge in [0.2, 0.25) is 11.8 Å². The average Bonchev–Trinajstić information content (AvgIpc) is 3.25. The highest BCUT2D eigenvalue weighted by molar-refractivity contribution is 6.30. The highest BCUT2D eigenvalue weighted by atomic mass is 35.5. The van der Waals surface area contributed by atoms with E-state index in [4.69, 9.17) is 16.3 Å². The largest absolute Gasteiger partial charge is 0.450 e. The Morgan fingerprint density at radius 2 is 2.00 bits per heavy atom. The van der Waals surface area contributed by atoms with Gasteiger partial charge in [0.15, 0.2) is 6.23 Å². The third-order valence-corrected chi connectivity index (χ3v) is 4.62. The predicted octanol–water partition coefficient (Wildman–Crippen LogP) is 0.213. The fourth-order valence-corrected chi connectivity index (χ4v) is 3.23. The molecule has 150 valence electrons. The van der Waals surface area contributed by atoms with Crippen molar-refractivity contribution >= 4 is 23.4 Å². The zero-order chi connectivity index (χ0) is 20.3. The molecule has 9 nitrogen and oxygen atoms in total. The van der Waals surface area contributed by atoms with Crippen molar-refractivity contribution in [1.29, 1.82) is 0 Å². The van der Waals surface area contributed by atoms with Crippen LogP contribution in [0, 0.1) is 0 Å². The first-order chi connectivity index (χ1) is 13.4. The van der Waals surface area contributed by atoms with Crippen LogP contribution in [0.15, 0.2) is 47.9 Å². The van der Waals surface area contributed by atoms with Crippen LogP contribution in [0.1, 0.15) is 11.8 Å². The van der Waals surface area contributed by atoms with Crippen LogP contribution in [0.3, 0.4) is 0 Å². The molecule has 0 saturated carbocycles. The molecule has 2 amide bonds. The van der Waals surface area contributed by atoms with Crippen LogP contribution < -0.4 is 21.3 Å². The second kappa shape index (κ2) is 8.30.